The lowest BCUT2D eigenvalue weighted by molar-refractivity contribution is -0.114. The van der Waals surface area contributed by atoms with Crippen LogP contribution in [-0.2, 0) is 10.2 Å². The van der Waals surface area contributed by atoms with Crippen LogP contribution >= 0.6 is 11.8 Å². The van der Waals surface area contributed by atoms with E-state index in [9.17, 15) is 13.6 Å². The molecule has 1 amide bonds. The first-order valence-electron chi connectivity index (χ1n) is 7.30. The molecule has 0 aliphatic heterocycles. The fourth-order valence-corrected chi connectivity index (χ4v) is 2.30. The molecular weight excluding hydrogens is 336 g/mol. The van der Waals surface area contributed by atoms with Crippen LogP contribution in [0.5, 0.6) is 0 Å². The van der Waals surface area contributed by atoms with E-state index in [-0.39, 0.29) is 23.8 Å². The summed E-state index contributed by atoms with van der Waals surface area (Å²) in [5.74, 6) is -2.46. The van der Waals surface area contributed by atoms with Crippen LogP contribution in [0.3, 0.4) is 0 Å². The number of rotatable bonds is 6. The van der Waals surface area contributed by atoms with E-state index in [4.69, 9.17) is 4.52 Å². The maximum atomic E-state index is 12.2. The summed E-state index contributed by atoms with van der Waals surface area (Å²) in [5.41, 5.74) is 1.25. The standard InChI is InChI=1S/C16H19F2N3O2S/c1-16(2,3)12-8-14(23-21-12)20-13(22)9-19-10-4-6-11(7-5-10)24-15(17)18/h4-8,15,19H,9H2,1-3H3,(H,20,22). The predicted molar refractivity (Wildman–Crippen MR) is 90.6 cm³/mol. The number of carbonyl (C=O) groups excluding carboxylic acids is 1. The number of benzene rings is 1. The Bertz CT molecular complexity index is 681. The van der Waals surface area contributed by atoms with Crippen LogP contribution in [0.15, 0.2) is 39.8 Å². The number of halogens is 2. The van der Waals surface area contributed by atoms with Gasteiger partial charge in [-0.1, -0.05) is 37.7 Å². The number of amides is 1. The molecule has 0 atom stereocenters. The molecule has 0 radical (unpaired) electrons. The van der Waals surface area contributed by atoms with Gasteiger partial charge >= 0.3 is 0 Å². The lowest BCUT2D eigenvalue weighted by atomic mass is 9.92. The van der Waals surface area contributed by atoms with E-state index in [1.54, 1.807) is 30.3 Å². The van der Waals surface area contributed by atoms with E-state index in [1.807, 2.05) is 20.8 Å². The molecular formula is C16H19F2N3O2S. The minimum atomic E-state index is -2.45. The van der Waals surface area contributed by atoms with Gasteiger partial charge in [-0.2, -0.15) is 8.78 Å². The number of aromatic nitrogens is 1. The van der Waals surface area contributed by atoms with E-state index in [2.05, 4.69) is 15.8 Å². The molecule has 2 N–H and O–H groups in total. The zero-order valence-corrected chi connectivity index (χ0v) is 14.4. The smallest absolute Gasteiger partial charge is 0.288 e. The zero-order chi connectivity index (χ0) is 17.7. The molecule has 0 spiro atoms. The summed E-state index contributed by atoms with van der Waals surface area (Å²) in [6, 6.07) is 8.12. The highest BCUT2D eigenvalue weighted by molar-refractivity contribution is 7.99. The van der Waals surface area contributed by atoms with E-state index >= 15 is 0 Å². The molecule has 0 bridgehead atoms. The fraction of sp³-hybridized carbons (Fsp3) is 0.375. The first-order valence-corrected chi connectivity index (χ1v) is 8.18. The maximum Gasteiger partial charge on any atom is 0.288 e. The molecule has 1 aromatic heterocycles. The van der Waals surface area contributed by atoms with Gasteiger partial charge in [-0.05, 0) is 24.3 Å². The highest BCUT2D eigenvalue weighted by atomic mass is 32.2. The molecule has 0 unspecified atom stereocenters. The van der Waals surface area contributed by atoms with Crippen LogP contribution in [0.2, 0.25) is 0 Å². The average Bonchev–Trinajstić information content (AvgIpc) is 2.94. The number of carbonyl (C=O) groups is 1. The van der Waals surface area contributed by atoms with Crippen LogP contribution in [0.1, 0.15) is 26.5 Å². The van der Waals surface area contributed by atoms with Crippen molar-refractivity contribution in [3.8, 4) is 0 Å². The summed E-state index contributed by atoms with van der Waals surface area (Å²) in [4.78, 5) is 12.4. The lowest BCUT2D eigenvalue weighted by Crippen LogP contribution is -2.21. The van der Waals surface area contributed by atoms with Crippen LogP contribution in [0.4, 0.5) is 20.4 Å². The van der Waals surface area contributed by atoms with E-state index in [0.717, 1.165) is 5.69 Å². The van der Waals surface area contributed by atoms with Crippen LogP contribution in [0.25, 0.3) is 0 Å². The number of hydrogen-bond donors (Lipinski definition) is 2. The Kier molecular flexibility index (Phi) is 5.82. The fourth-order valence-electron chi connectivity index (χ4n) is 1.81. The first kappa shape index (κ1) is 18.3. The summed E-state index contributed by atoms with van der Waals surface area (Å²) >= 11 is 0.478. The van der Waals surface area contributed by atoms with Crippen molar-refractivity contribution in [2.24, 2.45) is 0 Å². The van der Waals surface area contributed by atoms with Crippen LogP contribution in [0, 0.1) is 0 Å². The Hall–Kier alpha value is -2.09. The molecule has 0 aliphatic carbocycles. The van der Waals surface area contributed by atoms with Crippen molar-refractivity contribution in [2.75, 3.05) is 17.2 Å². The third-order valence-corrected chi connectivity index (χ3v) is 3.80. The van der Waals surface area contributed by atoms with Gasteiger partial charge in [0.2, 0.25) is 11.8 Å². The molecule has 1 aromatic carbocycles. The number of hydrogen-bond acceptors (Lipinski definition) is 5. The summed E-state index contributed by atoms with van der Waals surface area (Å²) in [6.45, 7) is 6.00. The van der Waals surface area contributed by atoms with E-state index in [0.29, 0.717) is 22.3 Å². The van der Waals surface area contributed by atoms with E-state index in [1.165, 1.54) is 0 Å². The van der Waals surface area contributed by atoms with Crippen LogP contribution in [-0.4, -0.2) is 23.4 Å². The van der Waals surface area contributed by atoms with Crippen molar-refractivity contribution in [3.63, 3.8) is 0 Å². The minimum absolute atomic E-state index is 0.0207. The van der Waals surface area contributed by atoms with Gasteiger partial charge in [-0.15, -0.1) is 0 Å². The van der Waals surface area contributed by atoms with Gasteiger partial charge in [0.05, 0.1) is 12.2 Å². The summed E-state index contributed by atoms with van der Waals surface area (Å²) < 4.78 is 29.6. The quantitative estimate of drug-likeness (QED) is 0.755. The maximum absolute atomic E-state index is 12.2. The summed E-state index contributed by atoms with van der Waals surface area (Å²) in [6.07, 6.45) is 0. The predicted octanol–water partition coefficient (Wildman–Crippen LogP) is 4.34. The third-order valence-electron chi connectivity index (χ3n) is 3.07. The molecule has 1 heterocycles. The van der Waals surface area contributed by atoms with Gasteiger partial charge in [-0.3, -0.25) is 10.1 Å². The van der Waals surface area contributed by atoms with Crippen molar-refractivity contribution in [1.82, 2.24) is 5.16 Å². The lowest BCUT2D eigenvalue weighted by Gasteiger charge is -2.12. The molecule has 0 aliphatic rings. The monoisotopic (exact) mass is 355 g/mol. The average molecular weight is 355 g/mol. The van der Waals surface area contributed by atoms with Crippen molar-refractivity contribution in [1.29, 1.82) is 0 Å². The number of anilines is 2. The van der Waals surface area contributed by atoms with Gasteiger partial charge in [0.1, 0.15) is 0 Å². The highest BCUT2D eigenvalue weighted by Gasteiger charge is 2.19. The molecule has 0 saturated heterocycles. The molecule has 24 heavy (non-hydrogen) atoms. The number of nitrogens with zero attached hydrogens (tertiary/aromatic N) is 1. The molecule has 5 nitrogen and oxygen atoms in total. The third kappa shape index (κ3) is 5.52. The molecule has 0 fully saturated rings. The molecule has 8 heteroatoms. The van der Waals surface area contributed by atoms with Crippen molar-refractivity contribution >= 4 is 29.2 Å². The molecule has 0 saturated carbocycles. The van der Waals surface area contributed by atoms with Gasteiger partial charge in [0, 0.05) is 22.1 Å². The topological polar surface area (TPSA) is 67.2 Å². The molecule has 2 rings (SSSR count). The minimum Gasteiger partial charge on any atom is -0.376 e. The number of alkyl halides is 2. The summed E-state index contributed by atoms with van der Waals surface area (Å²) in [7, 11) is 0. The second-order valence-corrected chi connectivity index (χ2v) is 7.19. The Labute approximate surface area is 143 Å². The Morgan fingerprint density at radius 3 is 2.50 bits per heavy atom. The van der Waals surface area contributed by atoms with Gasteiger partial charge in [0.15, 0.2) is 0 Å². The zero-order valence-electron chi connectivity index (χ0n) is 13.6. The number of thioether (sulfide) groups is 1. The van der Waals surface area contributed by atoms with Crippen LogP contribution < -0.4 is 10.6 Å². The van der Waals surface area contributed by atoms with Gasteiger partial charge in [0.25, 0.3) is 5.76 Å². The second kappa shape index (κ2) is 7.65. The SMILES string of the molecule is CC(C)(C)c1cc(NC(=O)CNc2ccc(SC(F)F)cc2)on1. The highest BCUT2D eigenvalue weighted by Crippen LogP contribution is 2.26. The van der Waals surface area contributed by atoms with E-state index < -0.39 is 5.76 Å². The Morgan fingerprint density at radius 2 is 1.96 bits per heavy atom. The molecule has 2 aromatic rings. The first-order chi connectivity index (χ1) is 11.2. The second-order valence-electron chi connectivity index (χ2n) is 6.13. The Balaban J connectivity index is 1.83. The normalized spacial score (nSPS) is 11.6. The Morgan fingerprint density at radius 1 is 1.29 bits per heavy atom. The van der Waals surface area contributed by atoms with Crippen molar-refractivity contribution in [2.45, 2.75) is 36.8 Å². The van der Waals surface area contributed by atoms with Crippen molar-refractivity contribution in [3.05, 3.63) is 36.0 Å². The largest absolute Gasteiger partial charge is 0.376 e. The summed E-state index contributed by atoms with van der Waals surface area (Å²) in [5, 5.41) is 9.44. The van der Waals surface area contributed by atoms with Gasteiger partial charge in [-0.25, -0.2) is 0 Å². The van der Waals surface area contributed by atoms with Crippen molar-refractivity contribution < 1.29 is 18.1 Å². The van der Waals surface area contributed by atoms with Gasteiger partial charge < -0.3 is 9.84 Å². The number of nitrogens with one attached hydrogen (secondary N) is 2. The molecule has 130 valence electrons.